The SMILES string of the molecule is C=C1C(Cl)=CC=C(c2c(F)cc(F)cc2F)N1CC(F)F. The quantitative estimate of drug-likeness (QED) is 0.732. The molecular weight excluding hydrogens is 313 g/mol. The molecule has 21 heavy (non-hydrogen) atoms. The zero-order valence-electron chi connectivity index (χ0n) is 10.5. The molecule has 1 aliphatic heterocycles. The second-order valence-corrected chi connectivity index (χ2v) is 4.67. The number of alkyl halides is 2. The van der Waals surface area contributed by atoms with Crippen molar-refractivity contribution in [3.63, 3.8) is 0 Å². The monoisotopic (exact) mass is 321 g/mol. The summed E-state index contributed by atoms with van der Waals surface area (Å²) in [5, 5.41) is 0.0716. The molecule has 0 aliphatic carbocycles. The number of benzene rings is 1. The van der Waals surface area contributed by atoms with Gasteiger partial charge in [0, 0.05) is 12.1 Å². The summed E-state index contributed by atoms with van der Waals surface area (Å²) in [6, 6.07) is 0.949. The highest BCUT2D eigenvalue weighted by Gasteiger charge is 2.27. The Kier molecular flexibility index (Phi) is 4.37. The fraction of sp³-hybridized carbons (Fsp3) is 0.143. The van der Waals surface area contributed by atoms with E-state index in [2.05, 4.69) is 6.58 Å². The van der Waals surface area contributed by atoms with Gasteiger partial charge in [0.05, 0.1) is 28.5 Å². The standard InChI is InChI=1S/C14H9ClF5N/c1-7-9(15)2-3-12(21(7)6-13(19)20)14-10(17)4-8(16)5-11(14)18/h2-5,13H,1,6H2. The Morgan fingerprint density at radius 1 is 1.10 bits per heavy atom. The second kappa shape index (κ2) is 5.89. The minimum atomic E-state index is -2.78. The van der Waals surface area contributed by atoms with Crippen molar-refractivity contribution in [3.05, 3.63) is 64.6 Å². The van der Waals surface area contributed by atoms with E-state index in [-0.39, 0.29) is 16.4 Å². The van der Waals surface area contributed by atoms with E-state index in [4.69, 9.17) is 11.6 Å². The number of rotatable bonds is 3. The topological polar surface area (TPSA) is 3.24 Å². The smallest absolute Gasteiger partial charge is 0.256 e. The third-order valence-corrected chi connectivity index (χ3v) is 3.21. The molecule has 0 amide bonds. The summed E-state index contributed by atoms with van der Waals surface area (Å²) in [4.78, 5) is 0.895. The molecule has 1 aliphatic rings. The fourth-order valence-corrected chi connectivity index (χ4v) is 2.13. The lowest BCUT2D eigenvalue weighted by Crippen LogP contribution is -2.29. The molecule has 0 bridgehead atoms. The molecule has 1 aromatic rings. The minimum absolute atomic E-state index is 0.0161. The lowest BCUT2D eigenvalue weighted by atomic mass is 10.1. The zero-order valence-corrected chi connectivity index (χ0v) is 11.3. The summed E-state index contributed by atoms with van der Waals surface area (Å²) in [7, 11) is 0. The molecule has 1 nitrogen and oxygen atoms in total. The first-order valence-electron chi connectivity index (χ1n) is 5.78. The highest BCUT2D eigenvalue weighted by atomic mass is 35.5. The third-order valence-electron chi connectivity index (χ3n) is 2.86. The summed E-state index contributed by atoms with van der Waals surface area (Å²) < 4.78 is 65.9. The van der Waals surface area contributed by atoms with Crippen molar-refractivity contribution in [1.29, 1.82) is 0 Å². The Balaban J connectivity index is 2.56. The van der Waals surface area contributed by atoms with Crippen molar-refractivity contribution in [2.75, 3.05) is 6.54 Å². The van der Waals surface area contributed by atoms with Gasteiger partial charge in [-0.15, -0.1) is 0 Å². The first-order chi connectivity index (χ1) is 9.81. The average molecular weight is 322 g/mol. The number of halogens is 6. The summed E-state index contributed by atoms with van der Waals surface area (Å²) in [6.45, 7) is 2.67. The normalized spacial score (nSPS) is 15.4. The van der Waals surface area contributed by atoms with Crippen LogP contribution >= 0.6 is 11.6 Å². The van der Waals surface area contributed by atoms with E-state index in [1.54, 1.807) is 0 Å². The van der Waals surface area contributed by atoms with Gasteiger partial charge in [0.15, 0.2) is 0 Å². The molecule has 0 spiro atoms. The number of hydrogen-bond donors (Lipinski definition) is 0. The molecule has 7 heteroatoms. The lowest BCUT2D eigenvalue weighted by Gasteiger charge is -2.31. The van der Waals surface area contributed by atoms with Crippen molar-refractivity contribution >= 4 is 17.3 Å². The van der Waals surface area contributed by atoms with Crippen molar-refractivity contribution in [3.8, 4) is 0 Å². The van der Waals surface area contributed by atoms with Gasteiger partial charge in [-0.2, -0.15) is 0 Å². The highest BCUT2D eigenvalue weighted by Crippen LogP contribution is 2.35. The van der Waals surface area contributed by atoms with E-state index < -0.39 is 36.0 Å². The molecule has 0 radical (unpaired) electrons. The highest BCUT2D eigenvalue weighted by molar-refractivity contribution is 6.32. The van der Waals surface area contributed by atoms with E-state index in [1.165, 1.54) is 12.2 Å². The van der Waals surface area contributed by atoms with Gasteiger partial charge >= 0.3 is 0 Å². The number of hydrogen-bond acceptors (Lipinski definition) is 1. The van der Waals surface area contributed by atoms with Crippen LogP contribution < -0.4 is 0 Å². The zero-order chi connectivity index (χ0) is 15.7. The third kappa shape index (κ3) is 3.10. The van der Waals surface area contributed by atoms with Crippen molar-refractivity contribution in [1.82, 2.24) is 4.90 Å². The van der Waals surface area contributed by atoms with Crippen molar-refractivity contribution in [2.24, 2.45) is 0 Å². The average Bonchev–Trinajstić information content (AvgIpc) is 2.36. The van der Waals surface area contributed by atoms with E-state index in [9.17, 15) is 22.0 Å². The van der Waals surface area contributed by atoms with Gasteiger partial charge in [-0.1, -0.05) is 18.2 Å². The minimum Gasteiger partial charge on any atom is -0.334 e. The van der Waals surface area contributed by atoms with Crippen molar-refractivity contribution < 1.29 is 22.0 Å². The molecular formula is C14H9ClF5N. The van der Waals surface area contributed by atoms with Gasteiger partial charge in [0.25, 0.3) is 6.43 Å². The van der Waals surface area contributed by atoms with E-state index >= 15 is 0 Å². The molecule has 0 atom stereocenters. The number of allylic oxidation sites excluding steroid dienone is 3. The summed E-state index contributed by atoms with van der Waals surface area (Å²) in [6.07, 6.45) is -0.318. The molecule has 0 unspecified atom stereocenters. The molecule has 0 saturated carbocycles. The molecule has 0 fully saturated rings. The first kappa shape index (κ1) is 15.6. The maximum Gasteiger partial charge on any atom is 0.256 e. The lowest BCUT2D eigenvalue weighted by molar-refractivity contribution is 0.123. The van der Waals surface area contributed by atoms with Crippen LogP contribution in [-0.4, -0.2) is 17.9 Å². The molecule has 1 aromatic carbocycles. The largest absolute Gasteiger partial charge is 0.334 e. The van der Waals surface area contributed by atoms with Crippen LogP contribution in [0.2, 0.25) is 0 Å². The van der Waals surface area contributed by atoms with Gasteiger partial charge in [0.1, 0.15) is 17.5 Å². The Bertz CT molecular complexity index is 628. The van der Waals surface area contributed by atoms with E-state index in [1.807, 2.05) is 0 Å². The predicted molar refractivity (Wildman–Crippen MR) is 70.1 cm³/mol. The van der Waals surface area contributed by atoms with Gasteiger partial charge in [-0.3, -0.25) is 0 Å². The van der Waals surface area contributed by atoms with Crippen LogP contribution in [-0.2, 0) is 0 Å². The van der Waals surface area contributed by atoms with Crippen LogP contribution in [0.25, 0.3) is 5.70 Å². The van der Waals surface area contributed by atoms with Crippen LogP contribution in [0.15, 0.2) is 41.6 Å². The molecule has 2 rings (SSSR count). The molecule has 112 valence electrons. The van der Waals surface area contributed by atoms with Gasteiger partial charge in [-0.25, -0.2) is 22.0 Å². The van der Waals surface area contributed by atoms with E-state index in [0.717, 1.165) is 4.90 Å². The molecule has 0 saturated heterocycles. The summed E-state index contributed by atoms with van der Waals surface area (Å²) >= 11 is 5.79. The fourth-order valence-electron chi connectivity index (χ4n) is 1.96. The molecule has 0 aromatic heterocycles. The maximum absolute atomic E-state index is 13.8. The Labute approximate surface area is 122 Å². The van der Waals surface area contributed by atoms with Crippen LogP contribution in [0.5, 0.6) is 0 Å². The van der Waals surface area contributed by atoms with Gasteiger partial charge in [-0.05, 0) is 12.2 Å². The summed E-state index contributed by atoms with van der Waals surface area (Å²) in [5.41, 5.74) is -0.823. The first-order valence-corrected chi connectivity index (χ1v) is 6.16. The molecule has 0 N–H and O–H groups in total. The Morgan fingerprint density at radius 2 is 1.67 bits per heavy atom. The molecule has 1 heterocycles. The van der Waals surface area contributed by atoms with Gasteiger partial charge < -0.3 is 4.90 Å². The van der Waals surface area contributed by atoms with Crippen LogP contribution in [0, 0.1) is 17.5 Å². The van der Waals surface area contributed by atoms with Crippen LogP contribution in [0.3, 0.4) is 0 Å². The van der Waals surface area contributed by atoms with Crippen LogP contribution in [0.1, 0.15) is 5.56 Å². The van der Waals surface area contributed by atoms with E-state index in [0.29, 0.717) is 12.1 Å². The van der Waals surface area contributed by atoms with Gasteiger partial charge in [0.2, 0.25) is 0 Å². The Morgan fingerprint density at radius 3 is 2.19 bits per heavy atom. The Hall–Kier alpha value is -1.82. The maximum atomic E-state index is 13.8. The van der Waals surface area contributed by atoms with Crippen molar-refractivity contribution in [2.45, 2.75) is 6.43 Å². The number of nitrogens with zero attached hydrogens (tertiary/aromatic N) is 1. The second-order valence-electron chi connectivity index (χ2n) is 4.26. The van der Waals surface area contributed by atoms with Crippen LogP contribution in [0.4, 0.5) is 22.0 Å². The summed E-state index contributed by atoms with van der Waals surface area (Å²) in [5.74, 6) is -3.49. The predicted octanol–water partition coefficient (Wildman–Crippen LogP) is 4.66.